The topological polar surface area (TPSA) is 61.7 Å². The molecule has 0 bridgehead atoms. The van der Waals surface area contributed by atoms with Crippen molar-refractivity contribution in [2.45, 2.75) is 78.2 Å². The molecule has 3 fully saturated rings. The summed E-state index contributed by atoms with van der Waals surface area (Å²) >= 11 is 0. The van der Waals surface area contributed by atoms with Crippen LogP contribution < -0.4 is 17.8 Å². The third-order valence-electron chi connectivity index (χ3n) is 9.56. The summed E-state index contributed by atoms with van der Waals surface area (Å²) in [6.07, 6.45) is 11.6. The van der Waals surface area contributed by atoms with E-state index in [2.05, 4.69) is 37.4 Å². The van der Waals surface area contributed by atoms with Crippen LogP contribution in [0.1, 0.15) is 72.1 Å². The van der Waals surface area contributed by atoms with Gasteiger partial charge in [-0.25, -0.2) is 5.43 Å². The number of likely N-dealkylation sites (N-methyl/N-ethyl adjacent to an activating group) is 1. The molecule has 5 nitrogen and oxygen atoms in total. The monoisotopic (exact) mass is 465 g/mol. The molecule has 32 heavy (non-hydrogen) atoms. The van der Waals surface area contributed by atoms with E-state index in [1.54, 1.807) is 5.57 Å². The lowest BCUT2D eigenvalue weighted by atomic mass is 9.47. The normalized spacial score (nSPS) is 41.5. The number of quaternary nitrogens is 1. The fraction of sp³-hybridized carbons (Fsp3) is 0.846. The van der Waals surface area contributed by atoms with Crippen molar-refractivity contribution >= 4 is 11.6 Å². The van der Waals surface area contributed by atoms with Crippen LogP contribution in [0.4, 0.5) is 0 Å². The highest BCUT2D eigenvalue weighted by atomic mass is 35.5. The van der Waals surface area contributed by atoms with Crippen LogP contribution in [0.25, 0.3) is 0 Å². The average Bonchev–Trinajstić information content (AvgIpc) is 3.02. The molecule has 0 aliphatic heterocycles. The maximum atomic E-state index is 12.3. The summed E-state index contributed by atoms with van der Waals surface area (Å²) in [5.74, 6) is 2.72. The van der Waals surface area contributed by atoms with Gasteiger partial charge in [-0.05, 0) is 86.9 Å². The molecule has 4 aliphatic carbocycles. The Labute approximate surface area is 201 Å². The number of hydrazone groups is 1. The molecule has 7 unspecified atom stereocenters. The van der Waals surface area contributed by atoms with E-state index < -0.39 is 0 Å². The lowest BCUT2D eigenvalue weighted by Crippen LogP contribution is -3.00. The average molecular weight is 466 g/mol. The van der Waals surface area contributed by atoms with E-state index in [0.29, 0.717) is 22.4 Å². The summed E-state index contributed by atoms with van der Waals surface area (Å²) in [6, 6.07) is 0. The first-order chi connectivity index (χ1) is 14.4. The minimum absolute atomic E-state index is 0. The Morgan fingerprint density at radius 1 is 1.16 bits per heavy atom. The molecule has 0 heterocycles. The summed E-state index contributed by atoms with van der Waals surface area (Å²) in [4.78, 5) is 12.3. The Bertz CT molecular complexity index is 788. The van der Waals surface area contributed by atoms with Crippen LogP contribution in [-0.2, 0) is 4.79 Å². The predicted octanol–water partition coefficient (Wildman–Crippen LogP) is 1.13. The Morgan fingerprint density at radius 2 is 1.88 bits per heavy atom. The van der Waals surface area contributed by atoms with Crippen molar-refractivity contribution in [3.63, 3.8) is 0 Å². The second-order valence-electron chi connectivity index (χ2n) is 12.6. The zero-order valence-electron chi connectivity index (χ0n) is 21.0. The van der Waals surface area contributed by atoms with Crippen LogP contribution in [0, 0.1) is 34.5 Å². The first-order valence-corrected chi connectivity index (χ1v) is 12.4. The molecule has 4 rings (SSSR count). The van der Waals surface area contributed by atoms with Crippen LogP contribution in [-0.4, -0.2) is 55.0 Å². The number of halogens is 1. The lowest BCUT2D eigenvalue weighted by Gasteiger charge is -2.58. The van der Waals surface area contributed by atoms with Gasteiger partial charge in [0.1, 0.15) is 0 Å². The minimum Gasteiger partial charge on any atom is -1.00 e. The number of aliphatic hydroxyl groups excluding tert-OH is 1. The first-order valence-electron chi connectivity index (χ1n) is 12.4. The van der Waals surface area contributed by atoms with E-state index in [9.17, 15) is 9.90 Å². The number of carbonyl (C=O) groups excluding carboxylic acids is 1. The van der Waals surface area contributed by atoms with Crippen molar-refractivity contribution in [1.82, 2.24) is 5.43 Å². The van der Waals surface area contributed by atoms with E-state index in [4.69, 9.17) is 0 Å². The van der Waals surface area contributed by atoms with Crippen molar-refractivity contribution in [1.29, 1.82) is 0 Å². The zero-order chi connectivity index (χ0) is 22.6. The highest BCUT2D eigenvalue weighted by Gasteiger charge is 2.59. The summed E-state index contributed by atoms with van der Waals surface area (Å²) in [5, 5.41) is 14.8. The molecular formula is C26H44ClN3O2. The van der Waals surface area contributed by atoms with Gasteiger partial charge in [0.25, 0.3) is 5.91 Å². The van der Waals surface area contributed by atoms with E-state index in [1.165, 1.54) is 32.1 Å². The number of aliphatic hydroxyl groups is 1. The van der Waals surface area contributed by atoms with Crippen LogP contribution in [0.5, 0.6) is 0 Å². The molecular weight excluding hydrogens is 422 g/mol. The van der Waals surface area contributed by atoms with Gasteiger partial charge in [-0.2, -0.15) is 5.10 Å². The van der Waals surface area contributed by atoms with Gasteiger partial charge < -0.3 is 22.0 Å². The Kier molecular flexibility index (Phi) is 7.26. The molecule has 0 saturated heterocycles. The van der Waals surface area contributed by atoms with E-state index in [0.717, 1.165) is 42.7 Å². The van der Waals surface area contributed by atoms with Crippen LogP contribution in [0.3, 0.4) is 0 Å². The van der Waals surface area contributed by atoms with Gasteiger partial charge in [0.2, 0.25) is 0 Å². The minimum atomic E-state index is -0.133. The highest BCUT2D eigenvalue weighted by molar-refractivity contribution is 5.87. The summed E-state index contributed by atoms with van der Waals surface area (Å²) in [7, 11) is 6.07. The molecule has 0 aromatic rings. The maximum Gasteiger partial charge on any atom is 0.295 e. The molecule has 7 atom stereocenters. The molecule has 1 amide bonds. The second-order valence-corrected chi connectivity index (χ2v) is 12.6. The number of nitrogens with one attached hydrogen (secondary N) is 1. The molecule has 0 spiro atoms. The van der Waals surface area contributed by atoms with E-state index >= 15 is 0 Å². The quantitative estimate of drug-likeness (QED) is 0.283. The van der Waals surface area contributed by atoms with Crippen molar-refractivity contribution in [2.24, 2.45) is 39.6 Å². The molecule has 182 valence electrons. The van der Waals surface area contributed by atoms with Crippen LogP contribution in [0.15, 0.2) is 16.8 Å². The van der Waals surface area contributed by atoms with Crippen molar-refractivity contribution in [3.8, 4) is 0 Å². The van der Waals surface area contributed by atoms with Gasteiger partial charge in [0.15, 0.2) is 6.54 Å². The van der Waals surface area contributed by atoms with Crippen LogP contribution >= 0.6 is 0 Å². The maximum absolute atomic E-state index is 12.3. The Balaban J connectivity index is 0.00000289. The number of hydrogen-bond acceptors (Lipinski definition) is 3. The fourth-order valence-electron chi connectivity index (χ4n) is 8.02. The number of amides is 1. The largest absolute Gasteiger partial charge is 1.00 e. The van der Waals surface area contributed by atoms with Gasteiger partial charge in [-0.3, -0.25) is 4.79 Å². The molecule has 3 saturated carbocycles. The fourth-order valence-corrected chi connectivity index (χ4v) is 8.02. The zero-order valence-corrected chi connectivity index (χ0v) is 21.7. The van der Waals surface area contributed by atoms with Gasteiger partial charge in [0, 0.05) is 11.6 Å². The Morgan fingerprint density at radius 3 is 2.56 bits per heavy atom. The summed E-state index contributed by atoms with van der Waals surface area (Å²) in [6.45, 7) is 7.56. The number of allylic oxidation sites excluding steroid dienone is 1. The van der Waals surface area contributed by atoms with E-state index in [-0.39, 0.29) is 29.8 Å². The molecule has 0 aromatic carbocycles. The Hall–Kier alpha value is -0.910. The number of carbonyl (C=O) groups is 1. The van der Waals surface area contributed by atoms with Crippen molar-refractivity contribution in [2.75, 3.05) is 27.7 Å². The standard InChI is InChI=1S/C26H43N3O2.ClH/c1-17(27-28-24(31)16-29(4,5)6)21-9-10-22-20-8-7-18-15-19(30)11-13-25(18,2)23(20)12-14-26(21,22)3;/h7,19-23,30H,8-16H2,1-6H3;1H/b27-17+;. The van der Waals surface area contributed by atoms with Gasteiger partial charge >= 0.3 is 0 Å². The molecule has 6 heteroatoms. The van der Waals surface area contributed by atoms with E-state index in [1.807, 2.05) is 21.1 Å². The SMILES string of the molecule is C/C(=N\NC(=O)C[N+](C)(C)C)C1CCC2C3CC=C4CC(O)CCC4(C)C3CCC12C.[Cl-]. The number of nitrogens with zero attached hydrogens (tertiary/aromatic N) is 2. The molecule has 2 N–H and O–H groups in total. The number of hydrogen-bond donors (Lipinski definition) is 2. The van der Waals surface area contributed by atoms with Crippen molar-refractivity contribution < 1.29 is 26.8 Å². The third-order valence-corrected chi connectivity index (χ3v) is 9.56. The van der Waals surface area contributed by atoms with Crippen molar-refractivity contribution in [3.05, 3.63) is 11.6 Å². The number of rotatable bonds is 4. The molecule has 4 aliphatic rings. The van der Waals surface area contributed by atoms with Gasteiger partial charge in [0.05, 0.1) is 27.2 Å². The van der Waals surface area contributed by atoms with Crippen LogP contribution in [0.2, 0.25) is 0 Å². The number of fused-ring (bicyclic) bond motifs is 5. The van der Waals surface area contributed by atoms with Gasteiger partial charge in [-0.15, -0.1) is 0 Å². The molecule has 0 radical (unpaired) electrons. The smallest absolute Gasteiger partial charge is 0.295 e. The summed E-state index contributed by atoms with van der Waals surface area (Å²) in [5.41, 5.74) is 6.07. The molecule has 0 aromatic heterocycles. The van der Waals surface area contributed by atoms with Gasteiger partial charge in [-0.1, -0.05) is 25.5 Å². The lowest BCUT2D eigenvalue weighted by molar-refractivity contribution is -0.862. The highest BCUT2D eigenvalue weighted by Crippen LogP contribution is 2.66. The predicted molar refractivity (Wildman–Crippen MR) is 125 cm³/mol. The summed E-state index contributed by atoms with van der Waals surface area (Å²) < 4.78 is 0.609. The first kappa shape index (κ1) is 25.7. The third kappa shape index (κ3) is 4.54. The second kappa shape index (κ2) is 9.03.